The molecule has 118 valence electrons. The highest BCUT2D eigenvalue weighted by Crippen LogP contribution is 2.23. The van der Waals surface area contributed by atoms with E-state index in [1.165, 1.54) is 8.61 Å². The van der Waals surface area contributed by atoms with Gasteiger partial charge in [0.2, 0.25) is 0 Å². The Balaban J connectivity index is 2.76. The zero-order chi connectivity index (χ0) is 15.2. The molecule has 7 heteroatoms. The molecule has 0 saturated carbocycles. The fourth-order valence-corrected chi connectivity index (χ4v) is 4.57. The summed E-state index contributed by atoms with van der Waals surface area (Å²) in [4.78, 5) is 10.8. The zero-order valence-electron chi connectivity index (χ0n) is 12.4. The molecule has 1 unspecified atom stereocenters. The number of nitrogens with zero attached hydrogens (tertiary/aromatic N) is 2. The highest BCUT2D eigenvalue weighted by molar-refractivity contribution is 7.86. The Morgan fingerprint density at radius 1 is 1.30 bits per heavy atom. The second-order valence-electron chi connectivity index (χ2n) is 5.37. The minimum atomic E-state index is -3.44. The van der Waals surface area contributed by atoms with Crippen LogP contribution in [-0.2, 0) is 15.0 Å². The van der Waals surface area contributed by atoms with Crippen LogP contribution in [0.2, 0.25) is 0 Å². The van der Waals surface area contributed by atoms with Crippen LogP contribution < -0.4 is 0 Å². The molecule has 6 nitrogen and oxygen atoms in total. The predicted molar refractivity (Wildman–Crippen MR) is 77.6 cm³/mol. The third-order valence-electron chi connectivity index (χ3n) is 3.54. The van der Waals surface area contributed by atoms with Crippen molar-refractivity contribution in [1.82, 2.24) is 8.61 Å². The molecule has 1 fully saturated rings. The minimum absolute atomic E-state index is 0.0492. The topological polar surface area (TPSA) is 77.9 Å². The first-order valence-electron chi connectivity index (χ1n) is 7.38. The largest absolute Gasteiger partial charge is 0.481 e. The van der Waals surface area contributed by atoms with Crippen molar-refractivity contribution in [3.8, 4) is 0 Å². The van der Waals surface area contributed by atoms with Crippen molar-refractivity contribution >= 4 is 16.2 Å². The molecule has 0 aromatic rings. The standard InChI is InChI=1S/C13H26N2O4S/c1-3-7-14(8-4-2)20(18,19)15-9-5-6-12(11-15)10-13(16)17/h12H,3-11H2,1-2H3,(H,16,17). The van der Waals surface area contributed by atoms with Crippen LogP contribution in [0.4, 0.5) is 0 Å². The fourth-order valence-electron chi connectivity index (χ4n) is 2.65. The molecule has 0 aliphatic carbocycles. The molecule has 1 saturated heterocycles. The number of hydrogen-bond acceptors (Lipinski definition) is 3. The molecule has 1 aliphatic rings. The monoisotopic (exact) mass is 306 g/mol. The third kappa shape index (κ3) is 4.71. The van der Waals surface area contributed by atoms with Crippen molar-refractivity contribution in [2.45, 2.75) is 46.0 Å². The number of piperidine rings is 1. The second kappa shape index (κ2) is 7.95. The van der Waals surface area contributed by atoms with E-state index in [1.807, 2.05) is 13.8 Å². The minimum Gasteiger partial charge on any atom is -0.481 e. The fraction of sp³-hybridized carbons (Fsp3) is 0.923. The third-order valence-corrected chi connectivity index (χ3v) is 5.55. The van der Waals surface area contributed by atoms with Crippen LogP contribution in [0.1, 0.15) is 46.0 Å². The summed E-state index contributed by atoms with van der Waals surface area (Å²) < 4.78 is 28.2. The molecule has 1 aliphatic heterocycles. The quantitative estimate of drug-likeness (QED) is 0.738. The summed E-state index contributed by atoms with van der Waals surface area (Å²) in [5.41, 5.74) is 0. The molecular weight excluding hydrogens is 280 g/mol. The van der Waals surface area contributed by atoms with E-state index in [0.29, 0.717) is 26.2 Å². The summed E-state index contributed by atoms with van der Waals surface area (Å²) in [7, 11) is -3.44. The molecule has 1 rings (SSSR count). The van der Waals surface area contributed by atoms with E-state index in [-0.39, 0.29) is 12.3 Å². The van der Waals surface area contributed by atoms with Crippen LogP contribution in [0.5, 0.6) is 0 Å². The van der Waals surface area contributed by atoms with Crippen molar-refractivity contribution in [3.63, 3.8) is 0 Å². The lowest BCUT2D eigenvalue weighted by Crippen LogP contribution is -2.48. The Labute approximate surface area is 121 Å². The maximum atomic E-state index is 12.6. The highest BCUT2D eigenvalue weighted by Gasteiger charge is 2.33. The first-order chi connectivity index (χ1) is 9.41. The van der Waals surface area contributed by atoms with Crippen molar-refractivity contribution in [1.29, 1.82) is 0 Å². The van der Waals surface area contributed by atoms with Crippen molar-refractivity contribution < 1.29 is 18.3 Å². The molecule has 0 aromatic heterocycles. The molecule has 0 spiro atoms. The van der Waals surface area contributed by atoms with Crippen molar-refractivity contribution in [2.24, 2.45) is 5.92 Å². The van der Waals surface area contributed by atoms with Gasteiger partial charge in [0.25, 0.3) is 10.2 Å². The molecule has 0 amide bonds. The summed E-state index contributed by atoms with van der Waals surface area (Å²) in [6.45, 7) is 5.80. The van der Waals surface area contributed by atoms with E-state index in [4.69, 9.17) is 5.11 Å². The summed E-state index contributed by atoms with van der Waals surface area (Å²) >= 11 is 0. The Bertz CT molecular complexity index is 405. The molecule has 0 bridgehead atoms. The summed E-state index contributed by atoms with van der Waals surface area (Å²) in [5, 5.41) is 8.85. The lowest BCUT2D eigenvalue weighted by atomic mass is 9.96. The molecule has 1 heterocycles. The van der Waals surface area contributed by atoms with Crippen LogP contribution in [0.25, 0.3) is 0 Å². The van der Waals surface area contributed by atoms with Gasteiger partial charge in [-0.2, -0.15) is 17.0 Å². The van der Waals surface area contributed by atoms with Crippen molar-refractivity contribution in [3.05, 3.63) is 0 Å². The van der Waals surface area contributed by atoms with Gasteiger partial charge in [-0.1, -0.05) is 13.8 Å². The average Bonchev–Trinajstić information content (AvgIpc) is 2.38. The lowest BCUT2D eigenvalue weighted by Gasteiger charge is -2.35. The van der Waals surface area contributed by atoms with E-state index in [9.17, 15) is 13.2 Å². The van der Waals surface area contributed by atoms with E-state index >= 15 is 0 Å². The molecule has 0 aromatic carbocycles. The Morgan fingerprint density at radius 2 is 1.90 bits per heavy atom. The number of carboxylic acid groups (broad SMARTS) is 1. The highest BCUT2D eigenvalue weighted by atomic mass is 32.2. The smallest absolute Gasteiger partial charge is 0.303 e. The van der Waals surface area contributed by atoms with Gasteiger partial charge in [-0.25, -0.2) is 0 Å². The maximum absolute atomic E-state index is 12.6. The number of carbonyl (C=O) groups is 1. The van der Waals surface area contributed by atoms with Crippen molar-refractivity contribution in [2.75, 3.05) is 26.2 Å². The average molecular weight is 306 g/mol. The first-order valence-corrected chi connectivity index (χ1v) is 8.78. The van der Waals surface area contributed by atoms with Gasteiger partial charge in [0.15, 0.2) is 0 Å². The van der Waals surface area contributed by atoms with Crippen LogP contribution >= 0.6 is 0 Å². The van der Waals surface area contributed by atoms with Gasteiger partial charge in [-0.05, 0) is 31.6 Å². The Kier molecular flexibility index (Phi) is 6.91. The number of rotatable bonds is 8. The van der Waals surface area contributed by atoms with Gasteiger partial charge < -0.3 is 5.11 Å². The van der Waals surface area contributed by atoms with E-state index < -0.39 is 16.2 Å². The maximum Gasteiger partial charge on any atom is 0.303 e. The number of aliphatic carboxylic acids is 1. The molecule has 1 N–H and O–H groups in total. The van der Waals surface area contributed by atoms with E-state index in [1.54, 1.807) is 0 Å². The van der Waals surface area contributed by atoms with Gasteiger partial charge in [0.05, 0.1) is 0 Å². The number of carboxylic acids is 1. The predicted octanol–water partition coefficient (Wildman–Crippen LogP) is 1.54. The molecular formula is C13H26N2O4S. The number of hydrogen-bond donors (Lipinski definition) is 1. The normalized spacial score (nSPS) is 21.2. The van der Waals surface area contributed by atoms with Gasteiger partial charge in [0.1, 0.15) is 0 Å². The Morgan fingerprint density at radius 3 is 2.40 bits per heavy atom. The summed E-state index contributed by atoms with van der Waals surface area (Å²) in [6, 6.07) is 0. The lowest BCUT2D eigenvalue weighted by molar-refractivity contribution is -0.138. The Hall–Kier alpha value is -0.660. The molecule has 0 radical (unpaired) electrons. The van der Waals surface area contributed by atoms with Gasteiger partial charge in [-0.3, -0.25) is 4.79 Å². The van der Waals surface area contributed by atoms with Gasteiger partial charge in [-0.15, -0.1) is 0 Å². The van der Waals surface area contributed by atoms with Crippen LogP contribution in [0, 0.1) is 5.92 Å². The molecule has 20 heavy (non-hydrogen) atoms. The van der Waals surface area contributed by atoms with E-state index in [2.05, 4.69) is 0 Å². The summed E-state index contributed by atoms with van der Waals surface area (Å²) in [6.07, 6.45) is 3.15. The van der Waals surface area contributed by atoms with Crippen LogP contribution in [-0.4, -0.2) is 54.3 Å². The van der Waals surface area contributed by atoms with Crippen LogP contribution in [0.3, 0.4) is 0 Å². The zero-order valence-corrected chi connectivity index (χ0v) is 13.2. The summed E-state index contributed by atoms with van der Waals surface area (Å²) in [5.74, 6) is -0.922. The van der Waals surface area contributed by atoms with Crippen LogP contribution in [0.15, 0.2) is 0 Å². The molecule has 1 atom stereocenters. The van der Waals surface area contributed by atoms with Gasteiger partial charge in [0, 0.05) is 32.6 Å². The SMILES string of the molecule is CCCN(CCC)S(=O)(=O)N1CCCC(CC(=O)O)C1. The van der Waals surface area contributed by atoms with E-state index in [0.717, 1.165) is 25.7 Å². The second-order valence-corrected chi connectivity index (χ2v) is 7.30. The first kappa shape index (κ1) is 17.4. The van der Waals surface area contributed by atoms with Gasteiger partial charge >= 0.3 is 5.97 Å².